The van der Waals surface area contributed by atoms with Crippen LogP contribution in [0.15, 0.2) is 48.5 Å². The van der Waals surface area contributed by atoms with E-state index in [9.17, 15) is 9.59 Å². The number of hydrogen-bond acceptors (Lipinski definition) is 5. The van der Waals surface area contributed by atoms with Crippen LogP contribution < -0.4 is 9.47 Å². The van der Waals surface area contributed by atoms with Crippen LogP contribution in [-0.2, 0) is 9.53 Å². The molecule has 1 amide bonds. The lowest BCUT2D eigenvalue weighted by Gasteiger charge is -2.39. The maximum atomic E-state index is 13.3. The summed E-state index contributed by atoms with van der Waals surface area (Å²) in [6, 6.07) is 14.4. The zero-order valence-electron chi connectivity index (χ0n) is 16.5. The lowest BCUT2D eigenvalue weighted by Crippen LogP contribution is -2.46. The second-order valence-corrected chi connectivity index (χ2v) is 6.80. The SMILES string of the molecule is CCOc1cc(C(=O)N2CC(C)OCC2c2ccccc2)ccc1OCC(=O)O. The third kappa shape index (κ3) is 5.06. The Morgan fingerprint density at radius 1 is 1.14 bits per heavy atom. The standard InChI is InChI=1S/C22H25NO6/c1-3-27-20-11-17(9-10-19(20)29-14-21(24)25)22(26)23-12-15(2)28-13-18(23)16-7-5-4-6-8-16/h4-11,15,18H,3,12-14H2,1-2H3,(H,24,25). The average molecular weight is 399 g/mol. The fraction of sp³-hybridized carbons (Fsp3) is 0.364. The van der Waals surface area contributed by atoms with Crippen LogP contribution in [0.25, 0.3) is 0 Å². The molecule has 7 heteroatoms. The molecular formula is C22H25NO6. The molecule has 0 radical (unpaired) electrons. The number of carbonyl (C=O) groups is 2. The molecule has 1 aliphatic rings. The Bertz CT molecular complexity index is 854. The Labute approximate surface area is 169 Å². The highest BCUT2D eigenvalue weighted by Gasteiger charge is 2.32. The Kier molecular flexibility index (Phi) is 6.72. The summed E-state index contributed by atoms with van der Waals surface area (Å²) in [6.07, 6.45) is -0.0663. The predicted molar refractivity (Wildman–Crippen MR) is 106 cm³/mol. The molecule has 2 aromatic carbocycles. The second kappa shape index (κ2) is 9.43. The van der Waals surface area contributed by atoms with Crippen LogP contribution in [0.4, 0.5) is 0 Å². The van der Waals surface area contributed by atoms with Crippen molar-refractivity contribution in [1.29, 1.82) is 0 Å². The quantitative estimate of drug-likeness (QED) is 0.770. The highest BCUT2D eigenvalue weighted by atomic mass is 16.5. The maximum Gasteiger partial charge on any atom is 0.341 e. The Morgan fingerprint density at radius 3 is 2.59 bits per heavy atom. The van der Waals surface area contributed by atoms with Crippen LogP contribution in [0.1, 0.15) is 35.8 Å². The van der Waals surface area contributed by atoms with Gasteiger partial charge in [0.1, 0.15) is 0 Å². The molecule has 0 bridgehead atoms. The van der Waals surface area contributed by atoms with Gasteiger partial charge in [-0.1, -0.05) is 30.3 Å². The van der Waals surface area contributed by atoms with Gasteiger partial charge in [0.05, 0.1) is 25.4 Å². The molecule has 0 saturated carbocycles. The Hall–Kier alpha value is -3.06. The number of aliphatic carboxylic acids is 1. The van der Waals surface area contributed by atoms with Crippen molar-refractivity contribution in [3.05, 3.63) is 59.7 Å². The van der Waals surface area contributed by atoms with Gasteiger partial charge in [0.25, 0.3) is 5.91 Å². The van der Waals surface area contributed by atoms with E-state index in [0.717, 1.165) is 5.56 Å². The zero-order chi connectivity index (χ0) is 20.8. The van der Waals surface area contributed by atoms with Crippen molar-refractivity contribution in [2.24, 2.45) is 0 Å². The summed E-state index contributed by atoms with van der Waals surface area (Å²) >= 11 is 0. The summed E-state index contributed by atoms with van der Waals surface area (Å²) in [7, 11) is 0. The van der Waals surface area contributed by atoms with Crippen molar-refractivity contribution in [2.45, 2.75) is 26.0 Å². The van der Waals surface area contributed by atoms with Crippen LogP contribution in [0.3, 0.4) is 0 Å². The van der Waals surface area contributed by atoms with E-state index in [1.165, 1.54) is 0 Å². The number of carbonyl (C=O) groups excluding carboxylic acids is 1. The second-order valence-electron chi connectivity index (χ2n) is 6.80. The molecule has 1 saturated heterocycles. The molecule has 2 unspecified atom stereocenters. The highest BCUT2D eigenvalue weighted by Crippen LogP contribution is 2.32. The van der Waals surface area contributed by atoms with Gasteiger partial charge >= 0.3 is 5.97 Å². The number of benzene rings is 2. The average Bonchev–Trinajstić information content (AvgIpc) is 2.73. The minimum atomic E-state index is -1.08. The van der Waals surface area contributed by atoms with E-state index >= 15 is 0 Å². The molecule has 1 fully saturated rings. The van der Waals surface area contributed by atoms with Crippen LogP contribution in [0.2, 0.25) is 0 Å². The monoisotopic (exact) mass is 399 g/mol. The number of morpholine rings is 1. The van der Waals surface area contributed by atoms with Crippen molar-refractivity contribution >= 4 is 11.9 Å². The molecule has 1 heterocycles. The molecule has 0 aliphatic carbocycles. The van der Waals surface area contributed by atoms with Crippen LogP contribution in [0.5, 0.6) is 11.5 Å². The van der Waals surface area contributed by atoms with Gasteiger partial charge in [0.2, 0.25) is 0 Å². The molecule has 0 aromatic heterocycles. The van der Waals surface area contributed by atoms with Crippen molar-refractivity contribution in [3.63, 3.8) is 0 Å². The lowest BCUT2D eigenvalue weighted by molar-refractivity contribution is -0.139. The third-order valence-electron chi connectivity index (χ3n) is 4.66. The molecular weight excluding hydrogens is 374 g/mol. The molecule has 2 aromatic rings. The molecule has 1 aliphatic heterocycles. The number of carboxylic acids is 1. The van der Waals surface area contributed by atoms with Gasteiger partial charge in [0, 0.05) is 12.1 Å². The topological polar surface area (TPSA) is 85.3 Å². The van der Waals surface area contributed by atoms with Gasteiger partial charge < -0.3 is 24.2 Å². The molecule has 29 heavy (non-hydrogen) atoms. The molecule has 3 rings (SSSR count). The molecule has 2 atom stereocenters. The van der Waals surface area contributed by atoms with E-state index < -0.39 is 12.6 Å². The number of amides is 1. The van der Waals surface area contributed by atoms with Gasteiger partial charge in [-0.2, -0.15) is 0 Å². The molecule has 1 N–H and O–H groups in total. The summed E-state index contributed by atoms with van der Waals surface area (Å²) in [5.41, 5.74) is 1.46. The molecule has 0 spiro atoms. The van der Waals surface area contributed by atoms with Crippen LogP contribution in [0, 0.1) is 0 Å². The van der Waals surface area contributed by atoms with Crippen molar-refractivity contribution in [1.82, 2.24) is 4.90 Å². The summed E-state index contributed by atoms with van der Waals surface area (Å²) in [5, 5.41) is 8.83. The summed E-state index contributed by atoms with van der Waals surface area (Å²) in [4.78, 5) is 25.9. The first kappa shape index (κ1) is 20.7. The van der Waals surface area contributed by atoms with E-state index in [1.807, 2.05) is 49.1 Å². The van der Waals surface area contributed by atoms with E-state index in [1.54, 1.807) is 18.2 Å². The van der Waals surface area contributed by atoms with Gasteiger partial charge in [-0.25, -0.2) is 4.79 Å². The number of nitrogens with zero attached hydrogens (tertiary/aromatic N) is 1. The minimum absolute atomic E-state index is 0.0663. The van der Waals surface area contributed by atoms with Crippen molar-refractivity contribution in [2.75, 3.05) is 26.4 Å². The van der Waals surface area contributed by atoms with E-state index in [-0.39, 0.29) is 18.1 Å². The van der Waals surface area contributed by atoms with E-state index in [2.05, 4.69) is 0 Å². The molecule has 154 valence electrons. The van der Waals surface area contributed by atoms with Crippen molar-refractivity contribution in [3.8, 4) is 11.5 Å². The van der Waals surface area contributed by atoms with Gasteiger partial charge in [-0.15, -0.1) is 0 Å². The largest absolute Gasteiger partial charge is 0.490 e. The van der Waals surface area contributed by atoms with Gasteiger partial charge in [0.15, 0.2) is 18.1 Å². The predicted octanol–water partition coefficient (Wildman–Crippen LogP) is 3.15. The number of rotatable bonds is 7. The van der Waals surface area contributed by atoms with Gasteiger partial charge in [-0.3, -0.25) is 4.79 Å². The first-order valence-electron chi connectivity index (χ1n) is 9.58. The summed E-state index contributed by atoms with van der Waals surface area (Å²) < 4.78 is 16.6. The van der Waals surface area contributed by atoms with Crippen LogP contribution >= 0.6 is 0 Å². The van der Waals surface area contributed by atoms with Crippen molar-refractivity contribution < 1.29 is 28.9 Å². The Balaban J connectivity index is 1.88. The lowest BCUT2D eigenvalue weighted by atomic mass is 10.0. The summed E-state index contributed by atoms with van der Waals surface area (Å²) in [6.45, 7) is 4.53. The fourth-order valence-corrected chi connectivity index (χ4v) is 3.31. The number of carboxylic acid groups (broad SMARTS) is 1. The summed E-state index contributed by atoms with van der Waals surface area (Å²) in [5.74, 6) is -0.585. The minimum Gasteiger partial charge on any atom is -0.490 e. The van der Waals surface area contributed by atoms with E-state index in [4.69, 9.17) is 19.3 Å². The van der Waals surface area contributed by atoms with Gasteiger partial charge in [-0.05, 0) is 37.6 Å². The Morgan fingerprint density at radius 2 is 1.90 bits per heavy atom. The zero-order valence-corrected chi connectivity index (χ0v) is 16.5. The van der Waals surface area contributed by atoms with Crippen LogP contribution in [-0.4, -0.2) is 54.4 Å². The highest BCUT2D eigenvalue weighted by molar-refractivity contribution is 5.95. The first-order chi connectivity index (χ1) is 14.0. The fourth-order valence-electron chi connectivity index (χ4n) is 3.31. The normalized spacial score (nSPS) is 18.9. The number of ether oxygens (including phenoxy) is 3. The number of hydrogen-bond donors (Lipinski definition) is 1. The smallest absolute Gasteiger partial charge is 0.341 e. The van der Waals surface area contributed by atoms with E-state index in [0.29, 0.717) is 36.8 Å². The third-order valence-corrected chi connectivity index (χ3v) is 4.66. The maximum absolute atomic E-state index is 13.3. The first-order valence-corrected chi connectivity index (χ1v) is 9.58. The molecule has 7 nitrogen and oxygen atoms in total.